The van der Waals surface area contributed by atoms with Gasteiger partial charge in [0, 0.05) is 10.4 Å². The van der Waals surface area contributed by atoms with Crippen LogP contribution >= 0.6 is 16.6 Å². The van der Waals surface area contributed by atoms with Crippen LogP contribution in [0.15, 0.2) is 30.3 Å². The first-order valence-corrected chi connectivity index (χ1v) is 9.26. The SMILES string of the molecule is CSP(=S)(c1ccccc1)C(C)(C)C. The molecule has 1 rings (SSSR count). The van der Waals surface area contributed by atoms with Crippen molar-refractivity contribution >= 4 is 33.7 Å². The minimum absolute atomic E-state index is 0.198. The first-order chi connectivity index (χ1) is 6.42. The van der Waals surface area contributed by atoms with Crippen molar-refractivity contribution in [1.29, 1.82) is 0 Å². The van der Waals surface area contributed by atoms with Gasteiger partial charge in [-0.25, -0.2) is 0 Å². The molecule has 1 unspecified atom stereocenters. The minimum atomic E-state index is -1.49. The quantitative estimate of drug-likeness (QED) is 0.724. The Morgan fingerprint density at radius 1 is 1.14 bits per heavy atom. The summed E-state index contributed by atoms with van der Waals surface area (Å²) in [5.41, 5.74) is 0. The first kappa shape index (κ1) is 12.3. The fourth-order valence-electron chi connectivity index (χ4n) is 1.39. The molecule has 0 aromatic heterocycles. The third-order valence-corrected chi connectivity index (χ3v) is 12.9. The molecule has 78 valence electrons. The lowest BCUT2D eigenvalue weighted by atomic mass is 10.3. The Morgan fingerprint density at radius 2 is 1.64 bits per heavy atom. The summed E-state index contributed by atoms with van der Waals surface area (Å²) >= 11 is 7.74. The van der Waals surface area contributed by atoms with Gasteiger partial charge in [-0.15, -0.1) is 11.4 Å². The summed E-state index contributed by atoms with van der Waals surface area (Å²) in [6, 6.07) is 10.5. The molecule has 0 N–H and O–H groups in total. The number of rotatable bonds is 2. The smallest absolute Gasteiger partial charge is 0.0385 e. The maximum absolute atomic E-state index is 5.88. The van der Waals surface area contributed by atoms with E-state index in [2.05, 4.69) is 51.3 Å². The molecule has 0 aliphatic carbocycles. The van der Waals surface area contributed by atoms with Gasteiger partial charge in [0.05, 0.1) is 0 Å². The maximum Gasteiger partial charge on any atom is 0.0385 e. The van der Waals surface area contributed by atoms with Crippen molar-refractivity contribution in [2.24, 2.45) is 0 Å². The molecule has 0 bridgehead atoms. The van der Waals surface area contributed by atoms with E-state index in [1.807, 2.05) is 17.4 Å². The molecular weight excluding hydrogens is 227 g/mol. The van der Waals surface area contributed by atoms with Crippen LogP contribution in [0.2, 0.25) is 0 Å². The summed E-state index contributed by atoms with van der Waals surface area (Å²) in [6.07, 6.45) is 2.14. The van der Waals surface area contributed by atoms with E-state index in [4.69, 9.17) is 11.8 Å². The predicted octanol–water partition coefficient (Wildman–Crippen LogP) is 3.87. The van der Waals surface area contributed by atoms with Crippen molar-refractivity contribution in [3.05, 3.63) is 30.3 Å². The fourth-order valence-corrected chi connectivity index (χ4v) is 6.49. The Kier molecular flexibility index (Phi) is 3.85. The predicted molar refractivity (Wildman–Crippen MR) is 73.6 cm³/mol. The molecule has 14 heavy (non-hydrogen) atoms. The summed E-state index contributed by atoms with van der Waals surface area (Å²) in [4.78, 5) is 0. The van der Waals surface area contributed by atoms with E-state index in [0.717, 1.165) is 0 Å². The molecule has 0 aliphatic rings. The Labute approximate surface area is 96.2 Å². The molecular formula is C11H17PS2. The van der Waals surface area contributed by atoms with Gasteiger partial charge in [-0.3, -0.25) is 0 Å². The van der Waals surface area contributed by atoms with E-state index in [1.54, 1.807) is 0 Å². The van der Waals surface area contributed by atoms with Crippen molar-refractivity contribution in [1.82, 2.24) is 0 Å². The zero-order chi connectivity index (χ0) is 10.8. The molecule has 0 saturated heterocycles. The lowest BCUT2D eigenvalue weighted by molar-refractivity contribution is 0.795. The standard InChI is InChI=1S/C11H17PS2/c1-11(2,3)12(13,14-4)10-8-6-5-7-9-10/h5-9H,1-4H3. The lowest BCUT2D eigenvalue weighted by Crippen LogP contribution is -2.20. The van der Waals surface area contributed by atoms with Gasteiger partial charge in [-0.2, -0.15) is 0 Å². The molecule has 0 amide bonds. The van der Waals surface area contributed by atoms with Crippen LogP contribution in [0.25, 0.3) is 0 Å². The van der Waals surface area contributed by atoms with Gasteiger partial charge < -0.3 is 0 Å². The third-order valence-electron chi connectivity index (χ3n) is 2.24. The van der Waals surface area contributed by atoms with Gasteiger partial charge in [-0.05, 0) is 11.6 Å². The molecule has 0 aliphatic heterocycles. The van der Waals surface area contributed by atoms with Crippen LogP contribution in [-0.4, -0.2) is 11.4 Å². The number of hydrogen-bond donors (Lipinski definition) is 0. The van der Waals surface area contributed by atoms with E-state index in [0.29, 0.717) is 0 Å². The highest BCUT2D eigenvalue weighted by molar-refractivity contribution is 8.73. The van der Waals surface area contributed by atoms with Gasteiger partial charge in [0.1, 0.15) is 0 Å². The average molecular weight is 244 g/mol. The summed E-state index contributed by atoms with van der Waals surface area (Å²) in [5.74, 6) is 0. The van der Waals surface area contributed by atoms with Gasteiger partial charge in [0.25, 0.3) is 0 Å². The van der Waals surface area contributed by atoms with Gasteiger partial charge in [0.2, 0.25) is 0 Å². The molecule has 0 saturated carbocycles. The van der Waals surface area contributed by atoms with E-state index in [9.17, 15) is 0 Å². The van der Waals surface area contributed by atoms with E-state index >= 15 is 0 Å². The van der Waals surface area contributed by atoms with Crippen molar-refractivity contribution in [2.75, 3.05) is 6.26 Å². The highest BCUT2D eigenvalue weighted by atomic mass is 32.9. The highest BCUT2D eigenvalue weighted by Crippen LogP contribution is 2.65. The summed E-state index contributed by atoms with van der Waals surface area (Å²) < 4.78 is 0. The van der Waals surface area contributed by atoms with Crippen LogP contribution in [0.5, 0.6) is 0 Å². The van der Waals surface area contributed by atoms with Crippen LogP contribution < -0.4 is 5.30 Å². The van der Waals surface area contributed by atoms with Crippen LogP contribution in [0.1, 0.15) is 20.8 Å². The fraction of sp³-hybridized carbons (Fsp3) is 0.455. The zero-order valence-corrected chi connectivity index (χ0v) is 11.7. The van der Waals surface area contributed by atoms with Crippen molar-refractivity contribution in [3.8, 4) is 0 Å². The molecule has 0 spiro atoms. The van der Waals surface area contributed by atoms with Crippen molar-refractivity contribution in [3.63, 3.8) is 0 Å². The Hall–Kier alpha value is 0.220. The molecule has 0 fully saturated rings. The Morgan fingerprint density at radius 3 is 2.00 bits per heavy atom. The van der Waals surface area contributed by atoms with Crippen LogP contribution in [-0.2, 0) is 11.8 Å². The molecule has 1 aromatic carbocycles. The largest absolute Gasteiger partial charge is 0.122 e. The second-order valence-electron chi connectivity index (χ2n) is 4.24. The summed E-state index contributed by atoms with van der Waals surface area (Å²) in [6.45, 7) is 6.74. The maximum atomic E-state index is 5.88. The van der Waals surface area contributed by atoms with Crippen molar-refractivity contribution < 1.29 is 0 Å². The lowest BCUT2D eigenvalue weighted by Gasteiger charge is -2.33. The second-order valence-corrected chi connectivity index (χ2v) is 12.6. The minimum Gasteiger partial charge on any atom is -0.122 e. The normalized spacial score (nSPS) is 16.3. The van der Waals surface area contributed by atoms with Crippen LogP contribution in [0, 0.1) is 0 Å². The van der Waals surface area contributed by atoms with Gasteiger partial charge in [-0.1, -0.05) is 62.9 Å². The highest BCUT2D eigenvalue weighted by Gasteiger charge is 2.32. The van der Waals surface area contributed by atoms with Crippen LogP contribution in [0.3, 0.4) is 0 Å². The topological polar surface area (TPSA) is 0 Å². The van der Waals surface area contributed by atoms with Gasteiger partial charge in [0.15, 0.2) is 0 Å². The Bertz CT molecular complexity index is 338. The Balaban J connectivity index is 3.23. The summed E-state index contributed by atoms with van der Waals surface area (Å²) in [5, 5.41) is 0.0537. The zero-order valence-electron chi connectivity index (χ0n) is 9.15. The molecule has 0 radical (unpaired) electrons. The molecule has 1 aromatic rings. The first-order valence-electron chi connectivity index (χ1n) is 4.63. The van der Waals surface area contributed by atoms with E-state index in [-0.39, 0.29) is 5.16 Å². The van der Waals surface area contributed by atoms with Crippen molar-refractivity contribution in [2.45, 2.75) is 25.9 Å². The number of benzene rings is 1. The number of hydrogen-bond acceptors (Lipinski definition) is 2. The molecule has 0 nitrogen and oxygen atoms in total. The monoisotopic (exact) mass is 244 g/mol. The molecule has 0 heterocycles. The third kappa shape index (κ3) is 2.24. The second kappa shape index (κ2) is 4.38. The van der Waals surface area contributed by atoms with Gasteiger partial charge >= 0.3 is 0 Å². The van der Waals surface area contributed by atoms with E-state index in [1.165, 1.54) is 5.30 Å². The summed E-state index contributed by atoms with van der Waals surface area (Å²) in [7, 11) is 0. The van der Waals surface area contributed by atoms with E-state index < -0.39 is 5.24 Å². The van der Waals surface area contributed by atoms with Crippen LogP contribution in [0.4, 0.5) is 0 Å². The average Bonchev–Trinajstić information content (AvgIpc) is 2.16. The molecule has 1 atom stereocenters. The molecule has 3 heteroatoms.